The fourth-order valence-corrected chi connectivity index (χ4v) is 2.29. The summed E-state index contributed by atoms with van der Waals surface area (Å²) < 4.78 is 0. The van der Waals surface area contributed by atoms with Gasteiger partial charge in [0.05, 0.1) is 0 Å². The number of rotatable bonds is 9. The zero-order chi connectivity index (χ0) is 10.8. The minimum absolute atomic E-state index is 0.418. The summed E-state index contributed by atoms with van der Waals surface area (Å²) in [5, 5.41) is 0.418. The Morgan fingerprint density at radius 2 is 1.50 bits per heavy atom. The monoisotopic (exact) mass is 218 g/mol. The first kappa shape index (κ1) is 14.3. The SMILES string of the molecule is CCCCCCCCC(Cl)CC(C)C. The molecule has 0 saturated heterocycles. The summed E-state index contributed by atoms with van der Waals surface area (Å²) in [4.78, 5) is 0. The molecule has 0 aromatic carbocycles. The van der Waals surface area contributed by atoms with Crippen LogP contribution in [0.2, 0.25) is 0 Å². The maximum atomic E-state index is 6.22. The molecule has 86 valence electrons. The van der Waals surface area contributed by atoms with E-state index in [1.54, 1.807) is 0 Å². The van der Waals surface area contributed by atoms with E-state index in [-0.39, 0.29) is 0 Å². The van der Waals surface area contributed by atoms with Gasteiger partial charge in [-0.2, -0.15) is 0 Å². The molecule has 0 radical (unpaired) electrons. The summed E-state index contributed by atoms with van der Waals surface area (Å²) in [5.41, 5.74) is 0. The molecule has 0 rings (SSSR count). The number of halogens is 1. The van der Waals surface area contributed by atoms with Crippen LogP contribution in [0.3, 0.4) is 0 Å². The van der Waals surface area contributed by atoms with E-state index in [2.05, 4.69) is 20.8 Å². The zero-order valence-electron chi connectivity index (χ0n) is 10.2. The highest BCUT2D eigenvalue weighted by molar-refractivity contribution is 6.20. The summed E-state index contributed by atoms with van der Waals surface area (Å²) in [6.45, 7) is 6.75. The van der Waals surface area contributed by atoms with Gasteiger partial charge in [-0.15, -0.1) is 11.6 Å². The molecule has 0 N–H and O–H groups in total. The normalized spacial score (nSPS) is 13.5. The molecule has 0 amide bonds. The lowest BCUT2D eigenvalue weighted by atomic mass is 10.0. The Hall–Kier alpha value is 0.290. The molecule has 0 saturated carbocycles. The van der Waals surface area contributed by atoms with Gasteiger partial charge in [0.25, 0.3) is 0 Å². The standard InChI is InChI=1S/C13H27Cl/c1-4-5-6-7-8-9-10-13(14)11-12(2)3/h12-13H,4-11H2,1-3H3. The van der Waals surface area contributed by atoms with Crippen LogP contribution >= 0.6 is 11.6 Å². The van der Waals surface area contributed by atoms with Crippen molar-refractivity contribution in [3.8, 4) is 0 Å². The lowest BCUT2D eigenvalue weighted by molar-refractivity contribution is 0.514. The Bertz CT molecular complexity index is 110. The molecule has 0 heterocycles. The van der Waals surface area contributed by atoms with Crippen LogP contribution in [0.4, 0.5) is 0 Å². The molecule has 1 heteroatoms. The van der Waals surface area contributed by atoms with Gasteiger partial charge in [-0.05, 0) is 18.8 Å². The molecular formula is C13H27Cl. The van der Waals surface area contributed by atoms with Gasteiger partial charge in [0, 0.05) is 5.38 Å². The quantitative estimate of drug-likeness (QED) is 0.360. The van der Waals surface area contributed by atoms with Crippen molar-refractivity contribution in [1.29, 1.82) is 0 Å². The molecule has 0 aliphatic heterocycles. The second-order valence-corrected chi connectivity index (χ2v) is 5.40. The molecular weight excluding hydrogens is 192 g/mol. The van der Waals surface area contributed by atoms with Crippen LogP contribution in [-0.4, -0.2) is 5.38 Å². The minimum Gasteiger partial charge on any atom is -0.123 e. The highest BCUT2D eigenvalue weighted by Crippen LogP contribution is 2.17. The minimum atomic E-state index is 0.418. The van der Waals surface area contributed by atoms with E-state index in [1.807, 2.05) is 0 Å². The van der Waals surface area contributed by atoms with Crippen LogP contribution in [-0.2, 0) is 0 Å². The molecule has 0 aliphatic carbocycles. The molecule has 0 fully saturated rings. The Balaban J connectivity index is 3.10. The van der Waals surface area contributed by atoms with Gasteiger partial charge in [-0.1, -0.05) is 59.3 Å². The van der Waals surface area contributed by atoms with E-state index in [0.717, 1.165) is 5.92 Å². The van der Waals surface area contributed by atoms with Crippen LogP contribution in [0, 0.1) is 5.92 Å². The van der Waals surface area contributed by atoms with E-state index in [0.29, 0.717) is 5.38 Å². The van der Waals surface area contributed by atoms with E-state index in [9.17, 15) is 0 Å². The molecule has 0 bridgehead atoms. The molecule has 1 unspecified atom stereocenters. The Morgan fingerprint density at radius 1 is 0.929 bits per heavy atom. The summed E-state index contributed by atoms with van der Waals surface area (Å²) in [7, 11) is 0. The average Bonchev–Trinajstić information content (AvgIpc) is 2.10. The number of hydrogen-bond acceptors (Lipinski definition) is 0. The fourth-order valence-electron chi connectivity index (χ4n) is 1.78. The van der Waals surface area contributed by atoms with E-state index in [1.165, 1.54) is 51.4 Å². The van der Waals surface area contributed by atoms with Crippen LogP contribution in [0.15, 0.2) is 0 Å². The Kier molecular flexibility index (Phi) is 10.0. The van der Waals surface area contributed by atoms with Gasteiger partial charge < -0.3 is 0 Å². The largest absolute Gasteiger partial charge is 0.123 e. The molecule has 0 aromatic rings. The van der Waals surface area contributed by atoms with Crippen LogP contribution in [0.5, 0.6) is 0 Å². The third kappa shape index (κ3) is 10.4. The predicted octanol–water partition coefficient (Wildman–Crippen LogP) is 5.39. The average molecular weight is 219 g/mol. The molecule has 0 aliphatic rings. The zero-order valence-corrected chi connectivity index (χ0v) is 10.9. The van der Waals surface area contributed by atoms with Crippen molar-refractivity contribution in [2.24, 2.45) is 5.92 Å². The fraction of sp³-hybridized carbons (Fsp3) is 1.00. The van der Waals surface area contributed by atoms with E-state index >= 15 is 0 Å². The Labute approximate surface area is 95.4 Å². The van der Waals surface area contributed by atoms with Crippen molar-refractivity contribution < 1.29 is 0 Å². The van der Waals surface area contributed by atoms with Crippen LogP contribution in [0.1, 0.15) is 72.1 Å². The smallest absolute Gasteiger partial charge is 0.0338 e. The molecule has 0 nitrogen and oxygen atoms in total. The first-order valence-electron chi connectivity index (χ1n) is 6.30. The topological polar surface area (TPSA) is 0 Å². The maximum absolute atomic E-state index is 6.22. The first-order chi connectivity index (χ1) is 6.66. The summed E-state index contributed by atoms with van der Waals surface area (Å²) in [6, 6.07) is 0. The molecule has 0 spiro atoms. The third-order valence-corrected chi connectivity index (χ3v) is 2.99. The van der Waals surface area contributed by atoms with Crippen molar-refractivity contribution in [3.05, 3.63) is 0 Å². The van der Waals surface area contributed by atoms with Gasteiger partial charge in [0.2, 0.25) is 0 Å². The van der Waals surface area contributed by atoms with Crippen molar-refractivity contribution in [3.63, 3.8) is 0 Å². The van der Waals surface area contributed by atoms with Gasteiger partial charge >= 0.3 is 0 Å². The van der Waals surface area contributed by atoms with Crippen molar-refractivity contribution in [1.82, 2.24) is 0 Å². The Morgan fingerprint density at radius 3 is 2.07 bits per heavy atom. The van der Waals surface area contributed by atoms with E-state index in [4.69, 9.17) is 11.6 Å². The molecule has 1 atom stereocenters. The van der Waals surface area contributed by atoms with Crippen molar-refractivity contribution in [2.45, 2.75) is 77.5 Å². The van der Waals surface area contributed by atoms with Crippen LogP contribution < -0.4 is 0 Å². The number of unbranched alkanes of at least 4 members (excludes halogenated alkanes) is 5. The first-order valence-corrected chi connectivity index (χ1v) is 6.74. The lowest BCUT2D eigenvalue weighted by Crippen LogP contribution is -2.03. The number of alkyl halides is 1. The summed E-state index contributed by atoms with van der Waals surface area (Å²) in [6.07, 6.45) is 10.6. The van der Waals surface area contributed by atoms with E-state index < -0.39 is 0 Å². The predicted molar refractivity (Wildman–Crippen MR) is 67.1 cm³/mol. The van der Waals surface area contributed by atoms with Gasteiger partial charge in [-0.3, -0.25) is 0 Å². The molecule has 14 heavy (non-hydrogen) atoms. The highest BCUT2D eigenvalue weighted by atomic mass is 35.5. The third-order valence-electron chi connectivity index (χ3n) is 2.60. The van der Waals surface area contributed by atoms with Crippen LogP contribution in [0.25, 0.3) is 0 Å². The van der Waals surface area contributed by atoms with Crippen molar-refractivity contribution >= 4 is 11.6 Å². The second kappa shape index (κ2) is 9.83. The summed E-state index contributed by atoms with van der Waals surface area (Å²) >= 11 is 6.22. The van der Waals surface area contributed by atoms with Gasteiger partial charge in [0.15, 0.2) is 0 Å². The maximum Gasteiger partial charge on any atom is 0.0338 e. The van der Waals surface area contributed by atoms with Crippen molar-refractivity contribution in [2.75, 3.05) is 0 Å². The number of hydrogen-bond donors (Lipinski definition) is 0. The highest BCUT2D eigenvalue weighted by Gasteiger charge is 2.06. The van der Waals surface area contributed by atoms with Gasteiger partial charge in [0.1, 0.15) is 0 Å². The summed E-state index contributed by atoms with van der Waals surface area (Å²) in [5.74, 6) is 0.748. The lowest BCUT2D eigenvalue weighted by Gasteiger charge is -2.11. The molecule has 0 aromatic heterocycles. The second-order valence-electron chi connectivity index (χ2n) is 4.78. The van der Waals surface area contributed by atoms with Gasteiger partial charge in [-0.25, -0.2) is 0 Å².